The van der Waals surface area contributed by atoms with Crippen LogP contribution < -0.4 is 4.74 Å². The third kappa shape index (κ3) is 5.20. The highest BCUT2D eigenvalue weighted by Crippen LogP contribution is 2.25. The molecule has 0 amide bonds. The maximum absolute atomic E-state index is 12.2. The lowest BCUT2D eigenvalue weighted by atomic mass is 10.1. The van der Waals surface area contributed by atoms with Crippen molar-refractivity contribution in [3.63, 3.8) is 0 Å². The number of ether oxygens (including phenoxy) is 2. The molecule has 0 saturated carbocycles. The molecule has 1 aliphatic heterocycles. The highest BCUT2D eigenvalue weighted by atomic mass is 35.5. The van der Waals surface area contributed by atoms with Crippen LogP contribution in [0.15, 0.2) is 59.2 Å². The van der Waals surface area contributed by atoms with Gasteiger partial charge in [0.2, 0.25) is 5.90 Å². The van der Waals surface area contributed by atoms with Gasteiger partial charge in [0.05, 0.1) is 6.61 Å². The van der Waals surface area contributed by atoms with Crippen LogP contribution in [0.4, 0.5) is 0 Å². The second-order valence-electron chi connectivity index (χ2n) is 6.29. The van der Waals surface area contributed by atoms with E-state index in [4.69, 9.17) is 21.1 Å². The smallest absolute Gasteiger partial charge is 0.363 e. The van der Waals surface area contributed by atoms with Gasteiger partial charge in [0, 0.05) is 16.1 Å². The Kier molecular flexibility index (Phi) is 6.66. The molecular weight excluding hydrogens is 362 g/mol. The standard InChI is InChI=1S/C22H22ClNO3/c1-2-3-4-7-14-26-20-9-6-5-8-17(20)15-19-22(25)27-21(24-19)16-10-12-18(23)13-11-16/h5-6,8-13,15H,2-4,7,14H2,1H3. The number of carbonyl (C=O) groups is 1. The van der Waals surface area contributed by atoms with Crippen molar-refractivity contribution in [2.75, 3.05) is 6.61 Å². The summed E-state index contributed by atoms with van der Waals surface area (Å²) in [5, 5.41) is 0.615. The summed E-state index contributed by atoms with van der Waals surface area (Å²) in [7, 11) is 0. The van der Waals surface area contributed by atoms with Gasteiger partial charge in [0.25, 0.3) is 0 Å². The first-order valence-corrected chi connectivity index (χ1v) is 9.55. The molecule has 27 heavy (non-hydrogen) atoms. The summed E-state index contributed by atoms with van der Waals surface area (Å²) in [6.07, 6.45) is 6.27. The molecule has 2 aromatic carbocycles. The van der Waals surface area contributed by atoms with Gasteiger partial charge in [0.15, 0.2) is 5.70 Å². The second-order valence-corrected chi connectivity index (χ2v) is 6.73. The molecule has 0 N–H and O–H groups in total. The first-order valence-electron chi connectivity index (χ1n) is 9.17. The Morgan fingerprint density at radius 2 is 1.85 bits per heavy atom. The SMILES string of the molecule is CCCCCCOc1ccccc1C=C1N=C(c2ccc(Cl)cc2)OC1=O. The van der Waals surface area contributed by atoms with Gasteiger partial charge in [-0.2, -0.15) is 0 Å². The normalized spacial score (nSPS) is 15.0. The van der Waals surface area contributed by atoms with Crippen molar-refractivity contribution in [2.24, 2.45) is 4.99 Å². The Bertz CT molecular complexity index is 856. The number of hydrogen-bond donors (Lipinski definition) is 0. The number of para-hydroxylation sites is 1. The van der Waals surface area contributed by atoms with Gasteiger partial charge in [-0.05, 0) is 42.8 Å². The monoisotopic (exact) mass is 383 g/mol. The van der Waals surface area contributed by atoms with Crippen molar-refractivity contribution >= 4 is 29.5 Å². The van der Waals surface area contributed by atoms with E-state index < -0.39 is 5.97 Å². The predicted molar refractivity (Wildman–Crippen MR) is 108 cm³/mol. The lowest BCUT2D eigenvalue weighted by Crippen LogP contribution is -2.05. The van der Waals surface area contributed by atoms with E-state index in [9.17, 15) is 4.79 Å². The topological polar surface area (TPSA) is 47.9 Å². The van der Waals surface area contributed by atoms with Crippen molar-refractivity contribution in [1.29, 1.82) is 0 Å². The van der Waals surface area contributed by atoms with Crippen LogP contribution in [0.25, 0.3) is 6.08 Å². The highest BCUT2D eigenvalue weighted by molar-refractivity contribution is 6.30. The number of rotatable bonds is 8. The van der Waals surface area contributed by atoms with Crippen LogP contribution in [0.3, 0.4) is 0 Å². The molecule has 5 heteroatoms. The van der Waals surface area contributed by atoms with Crippen LogP contribution in [0.5, 0.6) is 5.75 Å². The Morgan fingerprint density at radius 3 is 2.63 bits per heavy atom. The highest BCUT2D eigenvalue weighted by Gasteiger charge is 2.24. The van der Waals surface area contributed by atoms with Gasteiger partial charge in [-0.3, -0.25) is 0 Å². The van der Waals surface area contributed by atoms with E-state index in [1.165, 1.54) is 12.8 Å². The predicted octanol–water partition coefficient (Wildman–Crippen LogP) is 5.64. The first-order chi connectivity index (χ1) is 13.2. The van der Waals surface area contributed by atoms with Gasteiger partial charge in [0.1, 0.15) is 5.75 Å². The van der Waals surface area contributed by atoms with E-state index in [0.29, 0.717) is 17.2 Å². The summed E-state index contributed by atoms with van der Waals surface area (Å²) >= 11 is 5.90. The molecule has 1 heterocycles. The fourth-order valence-electron chi connectivity index (χ4n) is 2.71. The summed E-state index contributed by atoms with van der Waals surface area (Å²) in [6.45, 7) is 2.84. The molecule has 3 rings (SSSR count). The molecule has 0 aromatic heterocycles. The summed E-state index contributed by atoms with van der Waals surface area (Å²) in [5.41, 5.74) is 1.76. The molecule has 1 aliphatic rings. The molecule has 0 atom stereocenters. The van der Waals surface area contributed by atoms with Gasteiger partial charge < -0.3 is 9.47 Å². The van der Waals surface area contributed by atoms with E-state index in [-0.39, 0.29) is 11.6 Å². The summed E-state index contributed by atoms with van der Waals surface area (Å²) in [5.74, 6) is 0.544. The number of aliphatic imine (C=N–C) groups is 1. The van der Waals surface area contributed by atoms with Crippen LogP contribution in [0, 0.1) is 0 Å². The molecule has 0 saturated heterocycles. The zero-order valence-electron chi connectivity index (χ0n) is 15.3. The number of carbonyl (C=O) groups excluding carboxylic acids is 1. The number of unbranched alkanes of at least 4 members (excludes halogenated alkanes) is 3. The average Bonchev–Trinajstić information content (AvgIpc) is 3.04. The summed E-state index contributed by atoms with van der Waals surface area (Å²) < 4.78 is 11.2. The maximum Gasteiger partial charge on any atom is 0.363 e. The van der Waals surface area contributed by atoms with Crippen LogP contribution in [0.1, 0.15) is 43.7 Å². The van der Waals surface area contributed by atoms with Crippen molar-refractivity contribution < 1.29 is 14.3 Å². The van der Waals surface area contributed by atoms with Gasteiger partial charge in [-0.15, -0.1) is 0 Å². The molecule has 0 fully saturated rings. The second kappa shape index (κ2) is 9.38. The first kappa shape index (κ1) is 19.2. The zero-order chi connectivity index (χ0) is 19.1. The van der Waals surface area contributed by atoms with Gasteiger partial charge in [-0.25, -0.2) is 9.79 Å². The van der Waals surface area contributed by atoms with Crippen LogP contribution >= 0.6 is 11.6 Å². The molecule has 0 radical (unpaired) electrons. The largest absolute Gasteiger partial charge is 0.493 e. The maximum atomic E-state index is 12.2. The van der Waals surface area contributed by atoms with E-state index in [1.807, 2.05) is 24.3 Å². The molecule has 140 valence electrons. The van der Waals surface area contributed by atoms with Crippen molar-refractivity contribution in [1.82, 2.24) is 0 Å². The summed E-state index contributed by atoms with van der Waals surface area (Å²) in [6, 6.07) is 14.6. The third-order valence-electron chi connectivity index (χ3n) is 4.18. The Morgan fingerprint density at radius 1 is 1.07 bits per heavy atom. The minimum Gasteiger partial charge on any atom is -0.493 e. The molecule has 2 aromatic rings. The van der Waals surface area contributed by atoms with Gasteiger partial charge >= 0.3 is 5.97 Å². The third-order valence-corrected chi connectivity index (χ3v) is 4.43. The number of hydrogen-bond acceptors (Lipinski definition) is 4. The van der Waals surface area contributed by atoms with E-state index >= 15 is 0 Å². The number of benzene rings is 2. The fraction of sp³-hybridized carbons (Fsp3) is 0.273. The minimum atomic E-state index is -0.474. The Labute approximate surface area is 164 Å². The molecule has 0 unspecified atom stereocenters. The Balaban J connectivity index is 1.75. The summed E-state index contributed by atoms with van der Waals surface area (Å²) in [4.78, 5) is 16.5. The van der Waals surface area contributed by atoms with Crippen LogP contribution in [-0.4, -0.2) is 18.5 Å². The zero-order valence-corrected chi connectivity index (χ0v) is 16.0. The fourth-order valence-corrected chi connectivity index (χ4v) is 2.84. The number of cyclic esters (lactones) is 1. The number of halogens is 1. The van der Waals surface area contributed by atoms with Gasteiger partial charge in [-0.1, -0.05) is 56.0 Å². The molecule has 0 bridgehead atoms. The van der Waals surface area contributed by atoms with Crippen molar-refractivity contribution in [2.45, 2.75) is 32.6 Å². The quantitative estimate of drug-likeness (QED) is 0.336. The minimum absolute atomic E-state index is 0.252. The lowest BCUT2D eigenvalue weighted by Gasteiger charge is -2.09. The Hall–Kier alpha value is -2.59. The lowest BCUT2D eigenvalue weighted by molar-refractivity contribution is -0.129. The number of nitrogens with zero attached hydrogens (tertiary/aromatic N) is 1. The van der Waals surface area contributed by atoms with Crippen molar-refractivity contribution in [3.05, 3.63) is 70.4 Å². The molecule has 0 spiro atoms. The number of esters is 1. The van der Waals surface area contributed by atoms with Crippen LogP contribution in [0.2, 0.25) is 5.02 Å². The van der Waals surface area contributed by atoms with Crippen LogP contribution in [-0.2, 0) is 9.53 Å². The average molecular weight is 384 g/mol. The molecular formula is C22H22ClNO3. The van der Waals surface area contributed by atoms with E-state index in [0.717, 1.165) is 24.2 Å². The van der Waals surface area contributed by atoms with E-state index in [2.05, 4.69) is 11.9 Å². The van der Waals surface area contributed by atoms with Crippen molar-refractivity contribution in [3.8, 4) is 5.75 Å². The molecule has 4 nitrogen and oxygen atoms in total. The van der Waals surface area contributed by atoms with E-state index in [1.54, 1.807) is 30.3 Å². The molecule has 0 aliphatic carbocycles.